The summed E-state index contributed by atoms with van der Waals surface area (Å²) < 4.78 is 28.8. The van der Waals surface area contributed by atoms with Crippen LogP contribution in [0.25, 0.3) is 16.7 Å². The van der Waals surface area contributed by atoms with Crippen LogP contribution in [0.5, 0.6) is 17.2 Å². The van der Waals surface area contributed by atoms with Crippen molar-refractivity contribution < 1.29 is 90.0 Å². The Hall–Kier alpha value is -10.9. The molecule has 0 heterocycles. The molecule has 30 nitrogen and oxygen atoms in total. The lowest BCUT2D eigenvalue weighted by Crippen LogP contribution is -2.06. The number of oxime groups is 3. The van der Waals surface area contributed by atoms with Gasteiger partial charge in [-0.3, -0.25) is 16.3 Å². The molecule has 0 atom stereocenters. The van der Waals surface area contributed by atoms with Gasteiger partial charge in [0.1, 0.15) is 34.4 Å². The van der Waals surface area contributed by atoms with Crippen LogP contribution < -0.4 is 30.5 Å². The van der Waals surface area contributed by atoms with Gasteiger partial charge in [-0.2, -0.15) is 0 Å². The highest BCUT2D eigenvalue weighted by Gasteiger charge is 2.10. The fraction of sp³-hybridized carbons (Fsp3) is 0.274. The van der Waals surface area contributed by atoms with Gasteiger partial charge in [0.05, 0.1) is 99.0 Å². The molecule has 0 spiro atoms. The molecule has 6 rings (SSSR count). The van der Waals surface area contributed by atoms with Crippen LogP contribution in [0.2, 0.25) is 0 Å². The molecular formula is C62H89N9O21. The Balaban J connectivity index is -0.000000316. The molecule has 0 aromatic heterocycles. The van der Waals surface area contributed by atoms with Crippen LogP contribution in [0.1, 0.15) is 48.2 Å². The van der Waals surface area contributed by atoms with Gasteiger partial charge in [-0.1, -0.05) is 158 Å². The zero-order chi connectivity index (χ0) is 68.3. The van der Waals surface area contributed by atoms with Crippen molar-refractivity contribution in [2.45, 2.75) is 14.9 Å². The van der Waals surface area contributed by atoms with Crippen molar-refractivity contribution in [1.82, 2.24) is 16.3 Å². The van der Waals surface area contributed by atoms with E-state index in [1.54, 1.807) is 131 Å². The van der Waals surface area contributed by atoms with Gasteiger partial charge in [0, 0.05) is 53.7 Å². The third-order valence-electron chi connectivity index (χ3n) is 10.5. The SMILES string of the molecule is C.C.CNN=O.CNN=O.CNN=O.CO/C(O)=C(/CO)c1ccccc1.CO/C(O)=C(\CO)c1ccccc1.COC(O)=C(CO)c1ccccc1.COc1cccc(/C(CO)=N/O)c1.COc1cccc(/C(CO)=N\O)c1.COc1cccc(C(CO)=NO)c1. The highest BCUT2D eigenvalue weighted by Crippen LogP contribution is 2.20. The maximum atomic E-state index is 9.27. The van der Waals surface area contributed by atoms with Gasteiger partial charge in [0.15, 0.2) is 0 Å². The fourth-order valence-corrected chi connectivity index (χ4v) is 6.08. The largest absolute Gasteiger partial charge is 0.497 e. The van der Waals surface area contributed by atoms with Gasteiger partial charge >= 0.3 is 0 Å². The number of aliphatic hydroxyl groups excluding tert-OH is 9. The summed E-state index contributed by atoms with van der Waals surface area (Å²) in [4.78, 5) is 26.4. The van der Waals surface area contributed by atoms with Crippen LogP contribution >= 0.6 is 0 Å². The molecule has 0 aliphatic rings. The van der Waals surface area contributed by atoms with Gasteiger partial charge < -0.3 is 90.0 Å². The Kier molecular flexibility index (Phi) is 59.0. The second kappa shape index (κ2) is 60.4. The lowest BCUT2D eigenvalue weighted by molar-refractivity contribution is 0.135. The number of methoxy groups -OCH3 is 6. The first kappa shape index (κ1) is 89.9. The monoisotopic (exact) mass is 1300 g/mol. The minimum absolute atomic E-state index is 0. The molecule has 0 bridgehead atoms. The molecule has 0 radical (unpaired) electrons. The summed E-state index contributed by atoms with van der Waals surface area (Å²) in [6, 6.07) is 48.2. The molecule has 0 amide bonds. The van der Waals surface area contributed by atoms with E-state index < -0.39 is 0 Å². The van der Waals surface area contributed by atoms with E-state index in [0.29, 0.717) is 50.7 Å². The Bertz CT molecular complexity index is 2710. The standard InChI is InChI=1S/3C10H12O3.3C9H11NO3.3CH4N2O.2CH4/c3*1-13-10(12)9(7-11)8-5-3-2-4-6-8;3*1-13-8-4-2-3-7(5-8)9(6-11)10-12;3*1-2-3-4;;/h3*2-6,11-12H,7H2,1H3;3*2-5,11-12H,6H2,1H3;3*1H3,(H,2,4);2*1H4/b10-9+;10-9-;;10-9+;10-9-;;;;;;. The van der Waals surface area contributed by atoms with Crippen LogP contribution in [0, 0.1) is 14.7 Å². The van der Waals surface area contributed by atoms with Crippen LogP contribution in [0.4, 0.5) is 0 Å². The van der Waals surface area contributed by atoms with Crippen molar-refractivity contribution in [2.75, 3.05) is 103 Å². The number of rotatable bonds is 21. The summed E-state index contributed by atoms with van der Waals surface area (Å²) in [5.41, 5.74) is 12.0. The van der Waals surface area contributed by atoms with Gasteiger partial charge in [-0.15, -0.1) is 14.7 Å². The minimum Gasteiger partial charge on any atom is -0.497 e. The van der Waals surface area contributed by atoms with E-state index in [1.807, 2.05) is 70.9 Å². The maximum Gasteiger partial charge on any atom is 0.282 e. The van der Waals surface area contributed by atoms with Gasteiger partial charge in [-0.25, -0.2) is 0 Å². The van der Waals surface area contributed by atoms with Crippen LogP contribution in [0.15, 0.2) is 213 Å². The highest BCUT2D eigenvalue weighted by atomic mass is 16.6. The zero-order valence-electron chi connectivity index (χ0n) is 51.1. The molecule has 6 aromatic rings. The molecule has 0 saturated carbocycles. The van der Waals surface area contributed by atoms with E-state index in [0.717, 1.165) is 16.7 Å². The lowest BCUT2D eigenvalue weighted by Gasteiger charge is -2.06. The van der Waals surface area contributed by atoms with Crippen LogP contribution in [-0.2, 0) is 14.2 Å². The number of benzene rings is 6. The fourth-order valence-electron chi connectivity index (χ4n) is 6.08. The first-order valence-corrected chi connectivity index (χ1v) is 25.8. The molecule has 0 aliphatic heterocycles. The first-order chi connectivity index (χ1) is 43.6. The summed E-state index contributed by atoms with van der Waals surface area (Å²) in [6.45, 7) is -1.64. The summed E-state index contributed by atoms with van der Waals surface area (Å²) in [5, 5.41) is 122. The summed E-state index contributed by atoms with van der Waals surface area (Å²) >= 11 is 0. The average molecular weight is 1300 g/mol. The van der Waals surface area contributed by atoms with Crippen molar-refractivity contribution in [1.29, 1.82) is 0 Å². The molecule has 0 saturated heterocycles. The second-order valence-electron chi connectivity index (χ2n) is 15.8. The van der Waals surface area contributed by atoms with Gasteiger partial charge in [0.25, 0.3) is 17.8 Å². The van der Waals surface area contributed by atoms with Gasteiger partial charge in [-0.05, 0) is 53.1 Å². The van der Waals surface area contributed by atoms with Crippen molar-refractivity contribution in [3.05, 3.63) is 230 Å². The molecule has 6 aromatic carbocycles. The molecule has 0 fully saturated rings. The molecule has 92 heavy (non-hydrogen) atoms. The van der Waals surface area contributed by atoms with E-state index >= 15 is 0 Å². The third-order valence-corrected chi connectivity index (χ3v) is 10.5. The summed E-state index contributed by atoms with van der Waals surface area (Å²) in [5.74, 6) is 1.25. The normalized spacial score (nSPS) is 10.7. The van der Waals surface area contributed by atoms with E-state index in [1.165, 1.54) is 42.5 Å². The van der Waals surface area contributed by atoms with E-state index in [9.17, 15) is 15.3 Å². The van der Waals surface area contributed by atoms with Gasteiger partial charge in [0.2, 0.25) is 0 Å². The number of aliphatic hydroxyl groups is 9. The molecule has 0 unspecified atom stereocenters. The molecule has 508 valence electrons. The Morgan fingerprint density at radius 1 is 0.337 bits per heavy atom. The number of ether oxygens (including phenoxy) is 6. The Labute approximate surface area is 535 Å². The number of nitroso groups, excluding NO2 is 3. The molecule has 15 N–H and O–H groups in total. The van der Waals surface area contributed by atoms with E-state index in [-0.39, 0.29) is 89.5 Å². The van der Waals surface area contributed by atoms with Crippen LogP contribution in [0.3, 0.4) is 0 Å². The van der Waals surface area contributed by atoms with Crippen LogP contribution in [-0.4, -0.2) is 182 Å². The number of hydrogen-bond donors (Lipinski definition) is 15. The second-order valence-corrected chi connectivity index (χ2v) is 15.8. The van der Waals surface area contributed by atoms with Crippen molar-refractivity contribution >= 4 is 33.9 Å². The average Bonchev–Trinajstić information content (AvgIpc) is 2.74. The van der Waals surface area contributed by atoms with Crippen molar-refractivity contribution in [3.8, 4) is 17.2 Å². The number of hydrogen-bond acceptors (Lipinski definition) is 27. The molecule has 0 aliphatic carbocycles. The summed E-state index contributed by atoms with van der Waals surface area (Å²) in [6.07, 6.45) is 0. The quantitative estimate of drug-likeness (QED) is 0.0106. The first-order valence-electron chi connectivity index (χ1n) is 25.8. The molecule has 30 heteroatoms. The topological polar surface area (TPSA) is 460 Å². The third kappa shape index (κ3) is 38.4. The van der Waals surface area contributed by atoms with Crippen molar-refractivity contribution in [3.63, 3.8) is 0 Å². The number of nitrogens with zero attached hydrogens (tertiary/aromatic N) is 6. The molecular weight excluding hydrogens is 1210 g/mol. The predicted molar refractivity (Wildman–Crippen MR) is 353 cm³/mol. The zero-order valence-corrected chi connectivity index (χ0v) is 51.1. The maximum absolute atomic E-state index is 9.27. The Morgan fingerprint density at radius 3 is 0.674 bits per heavy atom. The van der Waals surface area contributed by atoms with E-state index in [2.05, 4.69) is 45.5 Å². The summed E-state index contributed by atoms with van der Waals surface area (Å²) in [7, 11) is 13.1. The minimum atomic E-state index is -0.302. The predicted octanol–water partition coefficient (Wildman–Crippen LogP) is 8.19. The Morgan fingerprint density at radius 2 is 0.533 bits per heavy atom. The smallest absolute Gasteiger partial charge is 0.282 e. The van der Waals surface area contributed by atoms with E-state index in [4.69, 9.17) is 75.2 Å². The number of nitrogens with one attached hydrogen (secondary N) is 3. The highest BCUT2D eigenvalue weighted by molar-refractivity contribution is 6.02. The lowest BCUT2D eigenvalue weighted by atomic mass is 10.1. The van der Waals surface area contributed by atoms with Crippen molar-refractivity contribution in [2.24, 2.45) is 31.3 Å².